The van der Waals surface area contributed by atoms with Crippen molar-refractivity contribution in [2.45, 2.75) is 26.9 Å². The van der Waals surface area contributed by atoms with Crippen LogP contribution in [0.4, 0.5) is 8.78 Å². The maximum absolute atomic E-state index is 14.2. The lowest BCUT2D eigenvalue weighted by Crippen LogP contribution is -2.35. The van der Waals surface area contributed by atoms with Gasteiger partial charge in [0.1, 0.15) is 6.61 Å². The van der Waals surface area contributed by atoms with Crippen LogP contribution in [0.25, 0.3) is 0 Å². The summed E-state index contributed by atoms with van der Waals surface area (Å²) in [6.45, 7) is -0.106. The molecule has 1 N–H and O–H groups in total. The van der Waals surface area contributed by atoms with Crippen molar-refractivity contribution in [1.29, 1.82) is 0 Å². The molecule has 0 aromatic heterocycles. The Hall–Kier alpha value is -2.26. The zero-order chi connectivity index (χ0) is 21.1. The summed E-state index contributed by atoms with van der Waals surface area (Å²) in [4.78, 5) is 1.37. The van der Waals surface area contributed by atoms with Crippen LogP contribution in [0.1, 0.15) is 5.56 Å². The summed E-state index contributed by atoms with van der Waals surface area (Å²) in [5, 5.41) is 4.55. The van der Waals surface area contributed by atoms with Gasteiger partial charge in [0, 0.05) is 14.7 Å². The predicted octanol–water partition coefficient (Wildman–Crippen LogP) is 5.12. The van der Waals surface area contributed by atoms with Gasteiger partial charge in [0.25, 0.3) is 0 Å². The number of benzene rings is 3. The number of alkyl halides is 2. The molecular weight excluding hydrogens is 418 g/mol. The minimum atomic E-state index is -5.48. The molecule has 0 amide bonds. The van der Waals surface area contributed by atoms with Gasteiger partial charge in [-0.25, -0.2) is 3.63 Å². The number of halogens is 2. The van der Waals surface area contributed by atoms with E-state index in [1.165, 1.54) is 0 Å². The van der Waals surface area contributed by atoms with Crippen molar-refractivity contribution in [3.63, 3.8) is 0 Å². The normalized spacial score (nSPS) is 13.2. The third kappa shape index (κ3) is 3.93. The highest BCUT2D eigenvalue weighted by atomic mass is 32.3. The molecular formula is C21H20F2O4S2. The number of aryl methyl sites for hydroxylation is 1. The Morgan fingerprint density at radius 3 is 1.72 bits per heavy atom. The first-order valence-corrected chi connectivity index (χ1v) is 11.6. The molecule has 0 bridgehead atoms. The van der Waals surface area contributed by atoms with Crippen molar-refractivity contribution in [3.8, 4) is 0 Å². The lowest BCUT2D eigenvalue weighted by molar-refractivity contribution is 0.0202. The van der Waals surface area contributed by atoms with Gasteiger partial charge in [-0.3, -0.25) is 0 Å². The zero-order valence-corrected chi connectivity index (χ0v) is 17.2. The fourth-order valence-electron chi connectivity index (χ4n) is 2.87. The second kappa shape index (κ2) is 8.23. The van der Waals surface area contributed by atoms with E-state index in [-0.39, 0.29) is 0 Å². The van der Waals surface area contributed by atoms with Gasteiger partial charge in [-0.2, -0.15) is 17.2 Å². The van der Waals surface area contributed by atoms with Gasteiger partial charge in [-0.05, 0) is 53.1 Å². The highest BCUT2D eigenvalue weighted by Crippen LogP contribution is 2.71. The minimum Gasteiger partial charge on any atom is -0.389 e. The SMILES string of the molecule is Cc1ccccc1S(OS(=O)(=O)C(F)(F)CO)(c1ccccc1)c1ccccc1. The number of hydrogen-bond donors (Lipinski definition) is 1. The van der Waals surface area contributed by atoms with E-state index >= 15 is 0 Å². The molecule has 29 heavy (non-hydrogen) atoms. The lowest BCUT2D eigenvalue weighted by atomic mass is 10.2. The molecule has 3 rings (SSSR count). The molecule has 0 unspecified atom stereocenters. The quantitative estimate of drug-likeness (QED) is 0.556. The molecule has 0 atom stereocenters. The molecule has 0 aliphatic rings. The molecule has 8 heteroatoms. The summed E-state index contributed by atoms with van der Waals surface area (Å²) in [5.41, 5.74) is 0.692. The largest absolute Gasteiger partial charge is 0.393 e. The van der Waals surface area contributed by atoms with Crippen LogP contribution in [-0.2, 0) is 13.7 Å². The highest BCUT2D eigenvalue weighted by Gasteiger charge is 2.51. The molecule has 3 aromatic carbocycles. The van der Waals surface area contributed by atoms with Crippen LogP contribution < -0.4 is 0 Å². The van der Waals surface area contributed by atoms with Gasteiger partial charge < -0.3 is 5.11 Å². The summed E-state index contributed by atoms with van der Waals surface area (Å²) >= 11 is 0. The highest BCUT2D eigenvalue weighted by molar-refractivity contribution is 8.33. The summed E-state index contributed by atoms with van der Waals surface area (Å²) in [6.07, 6.45) is 0. The van der Waals surface area contributed by atoms with Crippen LogP contribution in [0.15, 0.2) is 99.6 Å². The number of hydrogen-bond acceptors (Lipinski definition) is 4. The summed E-state index contributed by atoms with van der Waals surface area (Å²) in [7, 11) is -8.57. The van der Waals surface area contributed by atoms with E-state index < -0.39 is 32.3 Å². The van der Waals surface area contributed by atoms with Crippen molar-refractivity contribution >= 4 is 20.4 Å². The summed E-state index contributed by atoms with van der Waals surface area (Å²) in [6, 6.07) is 23.8. The van der Waals surface area contributed by atoms with Gasteiger partial charge in [-0.15, -0.1) is 0 Å². The van der Waals surface area contributed by atoms with Crippen molar-refractivity contribution in [2.24, 2.45) is 0 Å². The monoisotopic (exact) mass is 438 g/mol. The van der Waals surface area contributed by atoms with Crippen molar-refractivity contribution < 1.29 is 25.9 Å². The van der Waals surface area contributed by atoms with E-state index in [2.05, 4.69) is 0 Å². The Bertz CT molecular complexity index is 1030. The summed E-state index contributed by atoms with van der Waals surface area (Å²) in [5.74, 6) is 0. The average Bonchev–Trinajstić information content (AvgIpc) is 2.73. The van der Waals surface area contributed by atoms with E-state index in [4.69, 9.17) is 8.74 Å². The first-order valence-electron chi connectivity index (χ1n) is 8.68. The number of aliphatic hydroxyl groups excluding tert-OH is 1. The standard InChI is InChI=1S/C21H20F2O4S2/c1-17-10-8-9-15-20(17)28(18-11-4-2-5-12-18,19-13-6-3-7-14-19)27-29(25,26)21(22,23)16-24/h2-15,24H,16H2,1H3. The Labute approximate surface area is 170 Å². The molecule has 4 nitrogen and oxygen atoms in total. The summed E-state index contributed by atoms with van der Waals surface area (Å²) < 4.78 is 59.0. The maximum atomic E-state index is 14.2. The molecule has 0 heterocycles. The second-order valence-electron chi connectivity index (χ2n) is 6.27. The van der Waals surface area contributed by atoms with Crippen molar-refractivity contribution in [3.05, 3.63) is 90.5 Å². The molecule has 0 aliphatic heterocycles. The third-order valence-corrected chi connectivity index (χ3v) is 9.64. The molecule has 0 radical (unpaired) electrons. The molecule has 0 saturated carbocycles. The molecule has 0 fully saturated rings. The molecule has 154 valence electrons. The predicted molar refractivity (Wildman–Crippen MR) is 108 cm³/mol. The van der Waals surface area contributed by atoms with Crippen LogP contribution in [0.5, 0.6) is 0 Å². The topological polar surface area (TPSA) is 63.6 Å². The number of rotatable bonds is 7. The van der Waals surface area contributed by atoms with E-state index in [1.54, 1.807) is 91.9 Å². The first-order chi connectivity index (χ1) is 13.7. The second-order valence-corrected chi connectivity index (χ2v) is 10.8. The Kier molecular flexibility index (Phi) is 6.09. The van der Waals surface area contributed by atoms with Gasteiger partial charge in [-0.1, -0.05) is 54.6 Å². The third-order valence-electron chi connectivity index (χ3n) is 4.30. The smallest absolute Gasteiger partial charge is 0.389 e. The Morgan fingerprint density at radius 1 is 0.828 bits per heavy atom. The number of aliphatic hydroxyl groups is 1. The fourth-order valence-corrected chi connectivity index (χ4v) is 8.08. The zero-order valence-electron chi connectivity index (χ0n) is 15.5. The fraction of sp³-hybridized carbons (Fsp3) is 0.143. The Morgan fingerprint density at radius 2 is 1.28 bits per heavy atom. The van der Waals surface area contributed by atoms with Crippen LogP contribution in [0.2, 0.25) is 0 Å². The van der Waals surface area contributed by atoms with Gasteiger partial charge >= 0.3 is 15.4 Å². The van der Waals surface area contributed by atoms with Crippen LogP contribution in [-0.4, -0.2) is 25.4 Å². The average molecular weight is 439 g/mol. The maximum Gasteiger partial charge on any atom is 0.393 e. The van der Waals surface area contributed by atoms with E-state index in [9.17, 15) is 17.2 Å². The lowest BCUT2D eigenvalue weighted by Gasteiger charge is -2.40. The first kappa shape index (κ1) is 21.4. The van der Waals surface area contributed by atoms with Crippen LogP contribution >= 0.6 is 10.3 Å². The van der Waals surface area contributed by atoms with E-state index in [0.29, 0.717) is 20.2 Å². The molecule has 0 saturated heterocycles. The van der Waals surface area contributed by atoms with Gasteiger partial charge in [0.05, 0.1) is 0 Å². The van der Waals surface area contributed by atoms with Crippen molar-refractivity contribution in [1.82, 2.24) is 0 Å². The molecule has 3 aromatic rings. The van der Waals surface area contributed by atoms with E-state index in [1.807, 2.05) is 0 Å². The van der Waals surface area contributed by atoms with E-state index in [0.717, 1.165) is 0 Å². The van der Waals surface area contributed by atoms with Gasteiger partial charge in [0.2, 0.25) is 0 Å². The van der Waals surface area contributed by atoms with Crippen molar-refractivity contribution in [2.75, 3.05) is 6.61 Å². The molecule has 0 aliphatic carbocycles. The van der Waals surface area contributed by atoms with Gasteiger partial charge in [0.15, 0.2) is 0 Å². The minimum absolute atomic E-state index is 0.442. The van der Waals surface area contributed by atoms with Crippen LogP contribution in [0.3, 0.4) is 0 Å². The van der Waals surface area contributed by atoms with Crippen LogP contribution in [0, 0.1) is 6.92 Å². The molecule has 0 spiro atoms. The Balaban J connectivity index is 2.41.